The number of ether oxygens (including phenoxy) is 1. The lowest BCUT2D eigenvalue weighted by molar-refractivity contribution is 0.0600. The van der Waals surface area contributed by atoms with Gasteiger partial charge in [0, 0.05) is 22.2 Å². The highest BCUT2D eigenvalue weighted by molar-refractivity contribution is 7.08. The van der Waals surface area contributed by atoms with E-state index in [0.717, 1.165) is 17.3 Å². The number of carbonyl (C=O) groups excluding carboxylic acids is 2. The second kappa shape index (κ2) is 7.67. The summed E-state index contributed by atoms with van der Waals surface area (Å²) in [5.74, 6) is -1.71. The van der Waals surface area contributed by atoms with Gasteiger partial charge in [0.25, 0.3) is 5.91 Å². The largest absolute Gasteiger partial charge is 0.465 e. The van der Waals surface area contributed by atoms with Crippen LogP contribution in [0.5, 0.6) is 0 Å². The summed E-state index contributed by atoms with van der Waals surface area (Å²) in [6.07, 6.45) is 0. The number of nitrogens with zero attached hydrogens (tertiary/aromatic N) is 1. The van der Waals surface area contributed by atoms with Crippen molar-refractivity contribution in [1.82, 2.24) is 4.98 Å². The highest BCUT2D eigenvalue weighted by atomic mass is 32.1. The lowest BCUT2D eigenvalue weighted by Gasteiger charge is -2.12. The second-order valence-electron chi connectivity index (χ2n) is 5.92. The highest BCUT2D eigenvalue weighted by Gasteiger charge is 2.17. The van der Waals surface area contributed by atoms with Crippen LogP contribution in [0.4, 0.5) is 10.1 Å². The molecule has 2 aromatic heterocycles. The van der Waals surface area contributed by atoms with E-state index in [1.165, 1.54) is 20.1 Å². The van der Waals surface area contributed by atoms with Gasteiger partial charge in [0.05, 0.1) is 29.6 Å². The number of aryl methyl sites for hydroxylation is 1. The SMILES string of the molecule is COC(=O)c1cc(F)c(C)c(NC(=O)c2ccc(-c3ccsc3)nc2C)c1. The summed E-state index contributed by atoms with van der Waals surface area (Å²) < 4.78 is 18.7. The fourth-order valence-electron chi connectivity index (χ4n) is 2.61. The van der Waals surface area contributed by atoms with Gasteiger partial charge in [-0.25, -0.2) is 9.18 Å². The molecule has 0 unspecified atom stereocenters. The number of halogens is 1. The van der Waals surface area contributed by atoms with Crippen LogP contribution in [-0.4, -0.2) is 24.0 Å². The third kappa shape index (κ3) is 3.88. The minimum Gasteiger partial charge on any atom is -0.465 e. The van der Waals surface area contributed by atoms with Crippen molar-refractivity contribution in [2.75, 3.05) is 12.4 Å². The molecule has 7 heteroatoms. The molecule has 0 aliphatic rings. The molecule has 1 N–H and O–H groups in total. The van der Waals surface area contributed by atoms with Gasteiger partial charge in [-0.1, -0.05) is 0 Å². The summed E-state index contributed by atoms with van der Waals surface area (Å²) >= 11 is 1.57. The van der Waals surface area contributed by atoms with E-state index in [0.29, 0.717) is 11.3 Å². The lowest BCUT2D eigenvalue weighted by Crippen LogP contribution is -2.16. The van der Waals surface area contributed by atoms with Gasteiger partial charge in [0.1, 0.15) is 5.82 Å². The van der Waals surface area contributed by atoms with E-state index in [9.17, 15) is 14.0 Å². The molecule has 3 rings (SSSR count). The van der Waals surface area contributed by atoms with E-state index in [1.54, 1.807) is 30.4 Å². The summed E-state index contributed by atoms with van der Waals surface area (Å²) in [4.78, 5) is 28.8. The maximum atomic E-state index is 14.1. The van der Waals surface area contributed by atoms with Crippen molar-refractivity contribution in [1.29, 1.82) is 0 Å². The van der Waals surface area contributed by atoms with Gasteiger partial charge in [-0.3, -0.25) is 9.78 Å². The van der Waals surface area contributed by atoms with Crippen LogP contribution in [0, 0.1) is 19.7 Å². The molecule has 1 amide bonds. The third-order valence-electron chi connectivity index (χ3n) is 4.16. The van der Waals surface area contributed by atoms with Crippen LogP contribution in [0.3, 0.4) is 0 Å². The second-order valence-corrected chi connectivity index (χ2v) is 6.70. The lowest BCUT2D eigenvalue weighted by atomic mass is 10.1. The molecule has 0 fully saturated rings. The first-order chi connectivity index (χ1) is 12.9. The number of benzene rings is 1. The number of hydrogen-bond acceptors (Lipinski definition) is 5. The molecule has 0 saturated carbocycles. The van der Waals surface area contributed by atoms with Gasteiger partial charge >= 0.3 is 5.97 Å². The number of hydrogen-bond donors (Lipinski definition) is 1. The molecule has 0 radical (unpaired) electrons. The van der Waals surface area contributed by atoms with E-state index < -0.39 is 17.7 Å². The molecule has 2 heterocycles. The molecule has 0 bridgehead atoms. The van der Waals surface area contributed by atoms with Crippen molar-refractivity contribution in [2.24, 2.45) is 0 Å². The van der Waals surface area contributed by atoms with Gasteiger partial charge in [-0.2, -0.15) is 11.3 Å². The maximum Gasteiger partial charge on any atom is 0.338 e. The molecule has 138 valence electrons. The quantitative estimate of drug-likeness (QED) is 0.667. The van der Waals surface area contributed by atoms with Crippen LogP contribution in [0.15, 0.2) is 41.1 Å². The smallest absolute Gasteiger partial charge is 0.338 e. The number of rotatable bonds is 4. The minimum absolute atomic E-state index is 0.0264. The zero-order valence-electron chi connectivity index (χ0n) is 15.0. The number of esters is 1. The summed E-state index contributed by atoms with van der Waals surface area (Å²) in [6, 6.07) is 7.88. The number of pyridine rings is 1. The Morgan fingerprint density at radius 1 is 1.19 bits per heavy atom. The predicted octanol–water partition coefficient (Wildman–Crippen LogP) is 4.60. The minimum atomic E-state index is -0.678. The Bertz CT molecular complexity index is 1020. The van der Waals surface area contributed by atoms with Crippen LogP contribution in [0.1, 0.15) is 32.0 Å². The number of carbonyl (C=O) groups is 2. The summed E-state index contributed by atoms with van der Waals surface area (Å²) in [5.41, 5.74) is 3.16. The van der Waals surface area contributed by atoms with Crippen molar-refractivity contribution in [2.45, 2.75) is 13.8 Å². The first-order valence-corrected chi connectivity index (χ1v) is 9.05. The van der Waals surface area contributed by atoms with Crippen LogP contribution in [0.2, 0.25) is 0 Å². The Morgan fingerprint density at radius 2 is 1.96 bits per heavy atom. The molecule has 0 saturated heterocycles. The Labute approximate surface area is 159 Å². The molecule has 0 aliphatic heterocycles. The van der Waals surface area contributed by atoms with Gasteiger partial charge in [0.2, 0.25) is 0 Å². The van der Waals surface area contributed by atoms with Crippen molar-refractivity contribution in [3.05, 3.63) is 69.3 Å². The zero-order chi connectivity index (χ0) is 19.6. The van der Waals surface area contributed by atoms with Gasteiger partial charge < -0.3 is 10.1 Å². The summed E-state index contributed by atoms with van der Waals surface area (Å²) in [5, 5.41) is 6.59. The molecular weight excluding hydrogens is 367 g/mol. The molecule has 0 atom stereocenters. The third-order valence-corrected chi connectivity index (χ3v) is 4.84. The number of amides is 1. The molecule has 5 nitrogen and oxygen atoms in total. The average Bonchev–Trinajstić information content (AvgIpc) is 3.19. The van der Waals surface area contributed by atoms with Gasteiger partial charge in [-0.05, 0) is 49.6 Å². The van der Waals surface area contributed by atoms with Crippen molar-refractivity contribution in [3.8, 4) is 11.3 Å². The van der Waals surface area contributed by atoms with Crippen LogP contribution < -0.4 is 5.32 Å². The fourth-order valence-corrected chi connectivity index (χ4v) is 3.26. The van der Waals surface area contributed by atoms with Crippen LogP contribution >= 0.6 is 11.3 Å². The molecule has 1 aromatic carbocycles. The van der Waals surface area contributed by atoms with Crippen molar-refractivity contribution in [3.63, 3.8) is 0 Å². The predicted molar refractivity (Wildman–Crippen MR) is 103 cm³/mol. The standard InChI is InChI=1S/C20H17FN2O3S/c1-11-16(21)8-14(20(25)26-3)9-18(11)23-19(24)15-4-5-17(22-12(15)2)13-6-7-27-10-13/h4-10H,1-3H3,(H,23,24). The number of methoxy groups -OCH3 is 1. The molecule has 27 heavy (non-hydrogen) atoms. The van der Waals surface area contributed by atoms with Crippen molar-refractivity contribution < 1.29 is 18.7 Å². The first kappa shape index (κ1) is 18.7. The topological polar surface area (TPSA) is 68.3 Å². The molecule has 0 aliphatic carbocycles. The van der Waals surface area contributed by atoms with E-state index in [-0.39, 0.29) is 16.8 Å². The number of aromatic nitrogens is 1. The van der Waals surface area contributed by atoms with E-state index in [2.05, 4.69) is 15.0 Å². The Kier molecular flexibility index (Phi) is 5.32. The molecule has 3 aromatic rings. The number of thiophene rings is 1. The highest BCUT2D eigenvalue weighted by Crippen LogP contribution is 2.24. The fraction of sp³-hybridized carbons (Fsp3) is 0.150. The summed E-state index contributed by atoms with van der Waals surface area (Å²) in [7, 11) is 1.21. The normalized spacial score (nSPS) is 10.5. The van der Waals surface area contributed by atoms with Gasteiger partial charge in [-0.15, -0.1) is 0 Å². The Balaban J connectivity index is 1.89. The van der Waals surface area contributed by atoms with Crippen LogP contribution in [0.25, 0.3) is 11.3 Å². The molecular formula is C20H17FN2O3S. The van der Waals surface area contributed by atoms with E-state index in [4.69, 9.17) is 0 Å². The van der Waals surface area contributed by atoms with Crippen LogP contribution in [-0.2, 0) is 4.74 Å². The first-order valence-electron chi connectivity index (χ1n) is 8.10. The van der Waals surface area contributed by atoms with Crippen molar-refractivity contribution >= 4 is 28.9 Å². The van der Waals surface area contributed by atoms with E-state index >= 15 is 0 Å². The van der Waals surface area contributed by atoms with E-state index in [1.807, 2.05) is 16.8 Å². The average molecular weight is 384 g/mol. The monoisotopic (exact) mass is 384 g/mol. The number of anilines is 1. The Morgan fingerprint density at radius 3 is 2.59 bits per heavy atom. The maximum absolute atomic E-state index is 14.1. The Hall–Kier alpha value is -3.06. The molecule has 0 spiro atoms. The van der Waals surface area contributed by atoms with Gasteiger partial charge in [0.15, 0.2) is 0 Å². The summed E-state index contributed by atoms with van der Waals surface area (Å²) in [6.45, 7) is 3.26. The number of nitrogens with one attached hydrogen (secondary N) is 1. The zero-order valence-corrected chi connectivity index (χ0v) is 15.8.